The third-order valence-corrected chi connectivity index (χ3v) is 4.52. The van der Waals surface area contributed by atoms with Crippen LogP contribution in [0, 0.1) is 5.41 Å². The van der Waals surface area contributed by atoms with Crippen LogP contribution in [-0.2, 0) is 0 Å². The van der Waals surface area contributed by atoms with E-state index in [4.69, 9.17) is 11.6 Å². The molecule has 0 aliphatic rings. The molecule has 102 valence electrons. The average Bonchev–Trinajstić information content (AvgIpc) is 2.49. The fourth-order valence-corrected chi connectivity index (χ4v) is 2.63. The van der Waals surface area contributed by atoms with Crippen molar-refractivity contribution in [3.63, 3.8) is 0 Å². The van der Waals surface area contributed by atoms with E-state index >= 15 is 0 Å². The van der Waals surface area contributed by atoms with Crippen LogP contribution in [0.3, 0.4) is 0 Å². The van der Waals surface area contributed by atoms with Gasteiger partial charge in [-0.25, -0.2) is 9.97 Å². The number of benzene rings is 1. The Kier molecular flexibility index (Phi) is 4.59. The van der Waals surface area contributed by atoms with Crippen LogP contribution in [-0.4, -0.2) is 22.4 Å². The molecule has 0 atom stereocenters. The number of alkyl halides is 1. The number of nitrogens with one attached hydrogen (secondary N) is 1. The molecule has 0 fully saturated rings. The molecule has 0 amide bonds. The van der Waals surface area contributed by atoms with Gasteiger partial charge in [0.2, 0.25) is 0 Å². The van der Waals surface area contributed by atoms with Gasteiger partial charge in [0, 0.05) is 23.2 Å². The van der Waals surface area contributed by atoms with Crippen molar-refractivity contribution in [2.75, 3.05) is 17.7 Å². The molecule has 1 aromatic heterocycles. The normalized spacial score (nSPS) is 11.7. The van der Waals surface area contributed by atoms with E-state index in [0.29, 0.717) is 5.88 Å². The summed E-state index contributed by atoms with van der Waals surface area (Å²) >= 11 is 6.14. The Morgan fingerprint density at radius 3 is 2.58 bits per heavy atom. The smallest absolute Gasteiger partial charge is 0.137 e. The molecule has 4 heteroatoms. The summed E-state index contributed by atoms with van der Waals surface area (Å²) in [5.74, 6) is 1.55. The molecule has 2 aromatic rings. The number of hydrogen-bond donors (Lipinski definition) is 1. The zero-order valence-electron chi connectivity index (χ0n) is 11.5. The van der Waals surface area contributed by atoms with E-state index in [9.17, 15) is 0 Å². The maximum atomic E-state index is 6.14. The van der Waals surface area contributed by atoms with Crippen molar-refractivity contribution in [3.8, 4) is 0 Å². The second-order valence-corrected chi connectivity index (χ2v) is 5.20. The number of aromatic nitrogens is 2. The molecule has 0 bridgehead atoms. The first-order valence-corrected chi connectivity index (χ1v) is 7.27. The van der Waals surface area contributed by atoms with Crippen molar-refractivity contribution >= 4 is 28.3 Å². The van der Waals surface area contributed by atoms with Gasteiger partial charge in [-0.15, -0.1) is 11.6 Å². The van der Waals surface area contributed by atoms with Crippen molar-refractivity contribution in [3.05, 3.63) is 30.6 Å². The van der Waals surface area contributed by atoms with Crippen LogP contribution >= 0.6 is 11.6 Å². The summed E-state index contributed by atoms with van der Waals surface area (Å²) in [7, 11) is 0. The topological polar surface area (TPSA) is 37.8 Å². The summed E-state index contributed by atoms with van der Waals surface area (Å²) < 4.78 is 0. The molecule has 1 aromatic carbocycles. The third kappa shape index (κ3) is 2.98. The van der Waals surface area contributed by atoms with Crippen LogP contribution < -0.4 is 5.32 Å². The van der Waals surface area contributed by atoms with Crippen LogP contribution in [0.15, 0.2) is 30.6 Å². The summed E-state index contributed by atoms with van der Waals surface area (Å²) in [5.41, 5.74) is 1.10. The van der Waals surface area contributed by atoms with Gasteiger partial charge in [-0.05, 0) is 25.0 Å². The van der Waals surface area contributed by atoms with Crippen LogP contribution in [0.1, 0.15) is 26.7 Å². The quantitative estimate of drug-likeness (QED) is 0.808. The lowest BCUT2D eigenvalue weighted by Gasteiger charge is -2.29. The Hall–Kier alpha value is -1.35. The predicted octanol–water partition coefficient (Wildman–Crippen LogP) is 4.09. The zero-order valence-corrected chi connectivity index (χ0v) is 12.2. The number of fused-ring (bicyclic) bond motifs is 1. The van der Waals surface area contributed by atoms with Crippen molar-refractivity contribution < 1.29 is 0 Å². The highest BCUT2D eigenvalue weighted by Crippen LogP contribution is 2.29. The van der Waals surface area contributed by atoms with Gasteiger partial charge in [-0.3, -0.25) is 0 Å². The molecular weight excluding hydrogens is 258 g/mol. The Morgan fingerprint density at radius 2 is 1.89 bits per heavy atom. The van der Waals surface area contributed by atoms with Crippen molar-refractivity contribution in [2.24, 2.45) is 5.41 Å². The van der Waals surface area contributed by atoms with Gasteiger partial charge in [0.15, 0.2) is 0 Å². The Labute approximate surface area is 119 Å². The highest BCUT2D eigenvalue weighted by Gasteiger charge is 2.25. The van der Waals surface area contributed by atoms with Gasteiger partial charge in [0.05, 0.1) is 5.52 Å². The lowest BCUT2D eigenvalue weighted by Crippen LogP contribution is -2.30. The van der Waals surface area contributed by atoms with Crippen LogP contribution in [0.5, 0.6) is 0 Å². The second-order valence-electron chi connectivity index (χ2n) is 4.93. The lowest BCUT2D eigenvalue weighted by atomic mass is 9.84. The fraction of sp³-hybridized carbons (Fsp3) is 0.467. The number of rotatable bonds is 6. The van der Waals surface area contributed by atoms with Gasteiger partial charge in [-0.1, -0.05) is 26.0 Å². The first kappa shape index (κ1) is 14.1. The summed E-state index contributed by atoms with van der Waals surface area (Å²) in [4.78, 5) is 8.62. The summed E-state index contributed by atoms with van der Waals surface area (Å²) in [6.45, 7) is 5.21. The molecule has 0 saturated carbocycles. The van der Waals surface area contributed by atoms with E-state index in [1.54, 1.807) is 6.33 Å². The number of nitrogens with zero attached hydrogens (tertiary/aromatic N) is 2. The van der Waals surface area contributed by atoms with E-state index in [0.717, 1.165) is 36.1 Å². The van der Waals surface area contributed by atoms with E-state index < -0.39 is 0 Å². The molecule has 0 unspecified atom stereocenters. The van der Waals surface area contributed by atoms with Gasteiger partial charge in [-0.2, -0.15) is 0 Å². The van der Waals surface area contributed by atoms with Gasteiger partial charge in [0.25, 0.3) is 0 Å². The maximum absolute atomic E-state index is 6.14. The molecule has 19 heavy (non-hydrogen) atoms. The molecule has 0 radical (unpaired) electrons. The van der Waals surface area contributed by atoms with Crippen LogP contribution in [0.2, 0.25) is 0 Å². The largest absolute Gasteiger partial charge is 0.369 e. The summed E-state index contributed by atoms with van der Waals surface area (Å²) in [5, 5.41) is 4.50. The molecule has 0 saturated heterocycles. The minimum Gasteiger partial charge on any atom is -0.369 e. The lowest BCUT2D eigenvalue weighted by molar-refractivity contribution is 0.326. The van der Waals surface area contributed by atoms with Crippen LogP contribution in [0.4, 0.5) is 5.82 Å². The molecular formula is C15H20ClN3. The van der Waals surface area contributed by atoms with Gasteiger partial charge < -0.3 is 5.32 Å². The predicted molar refractivity (Wildman–Crippen MR) is 81.8 cm³/mol. The van der Waals surface area contributed by atoms with Crippen molar-refractivity contribution in [2.45, 2.75) is 26.7 Å². The summed E-state index contributed by atoms with van der Waals surface area (Å²) in [6.07, 6.45) is 3.72. The van der Waals surface area contributed by atoms with E-state index in [-0.39, 0.29) is 5.41 Å². The first-order valence-electron chi connectivity index (χ1n) is 6.74. The minimum atomic E-state index is 0.133. The highest BCUT2D eigenvalue weighted by atomic mass is 35.5. The van der Waals surface area contributed by atoms with Crippen molar-refractivity contribution in [1.82, 2.24) is 9.97 Å². The van der Waals surface area contributed by atoms with E-state index in [1.165, 1.54) is 0 Å². The number of para-hydroxylation sites is 1. The SMILES string of the molecule is CCC(CC)(CCl)CNc1ncnc2ccccc12. The minimum absolute atomic E-state index is 0.133. The first-order chi connectivity index (χ1) is 9.24. The monoisotopic (exact) mass is 277 g/mol. The van der Waals surface area contributed by atoms with E-state index in [2.05, 4.69) is 29.1 Å². The molecule has 0 aliphatic carbocycles. The van der Waals surface area contributed by atoms with Crippen LogP contribution in [0.25, 0.3) is 10.9 Å². The standard InChI is InChI=1S/C15H20ClN3/c1-3-15(4-2,9-16)10-17-14-12-7-5-6-8-13(12)18-11-19-14/h5-8,11H,3-4,9-10H2,1-2H3,(H,17,18,19). The van der Waals surface area contributed by atoms with Gasteiger partial charge >= 0.3 is 0 Å². The number of halogens is 1. The molecule has 3 nitrogen and oxygen atoms in total. The molecule has 0 aliphatic heterocycles. The zero-order chi connectivity index (χ0) is 13.7. The Balaban J connectivity index is 2.22. The Bertz CT molecular complexity index is 524. The number of hydrogen-bond acceptors (Lipinski definition) is 3. The van der Waals surface area contributed by atoms with Gasteiger partial charge in [0.1, 0.15) is 12.1 Å². The maximum Gasteiger partial charge on any atom is 0.137 e. The second kappa shape index (κ2) is 6.20. The Morgan fingerprint density at radius 1 is 1.16 bits per heavy atom. The van der Waals surface area contributed by atoms with Crippen molar-refractivity contribution in [1.29, 1.82) is 0 Å². The average molecular weight is 278 g/mol. The fourth-order valence-electron chi connectivity index (χ4n) is 2.15. The molecule has 0 spiro atoms. The molecule has 1 N–H and O–H groups in total. The molecule has 1 heterocycles. The summed E-state index contributed by atoms with van der Waals surface area (Å²) in [6, 6.07) is 8.03. The molecule has 2 rings (SSSR count). The third-order valence-electron chi connectivity index (χ3n) is 3.96. The highest BCUT2D eigenvalue weighted by molar-refractivity contribution is 6.18. The van der Waals surface area contributed by atoms with E-state index in [1.807, 2.05) is 24.3 Å². The number of anilines is 1.